The predicted octanol–water partition coefficient (Wildman–Crippen LogP) is 5.38. The zero-order valence-electron chi connectivity index (χ0n) is 24.2. The lowest BCUT2D eigenvalue weighted by atomic mass is 9.97. The fourth-order valence-electron chi connectivity index (χ4n) is 4.59. The molecule has 0 aliphatic carbocycles. The van der Waals surface area contributed by atoms with Gasteiger partial charge in [0.25, 0.3) is 5.69 Å². The minimum atomic E-state index is -0.840. The van der Waals surface area contributed by atoms with Gasteiger partial charge in [-0.25, -0.2) is 9.59 Å². The number of hydrogen-bond acceptors (Lipinski definition) is 8. The molecule has 0 radical (unpaired) electrons. The first-order valence-corrected chi connectivity index (χ1v) is 14.2. The van der Waals surface area contributed by atoms with E-state index in [0.29, 0.717) is 39.7 Å². The number of esters is 1. The van der Waals surface area contributed by atoms with E-state index < -0.39 is 46.1 Å². The monoisotopic (exact) mass is 618 g/mol. The molecule has 0 unspecified atom stereocenters. The summed E-state index contributed by atoms with van der Waals surface area (Å²) in [6, 6.07) is 7.85. The van der Waals surface area contributed by atoms with Crippen molar-refractivity contribution in [3.05, 3.63) is 68.2 Å². The van der Waals surface area contributed by atoms with Gasteiger partial charge >= 0.3 is 12.0 Å². The molecule has 2 aromatic rings. The van der Waals surface area contributed by atoms with Crippen LogP contribution in [0.3, 0.4) is 0 Å². The van der Waals surface area contributed by atoms with Crippen LogP contribution in [0.4, 0.5) is 10.5 Å². The Labute approximate surface area is 255 Å². The van der Waals surface area contributed by atoms with Crippen molar-refractivity contribution in [3.63, 3.8) is 0 Å². The minimum absolute atomic E-state index is 0.125. The van der Waals surface area contributed by atoms with Crippen molar-refractivity contribution in [2.24, 2.45) is 5.92 Å². The number of halogens is 1. The average molecular weight is 619 g/mol. The van der Waals surface area contributed by atoms with E-state index in [1.807, 2.05) is 6.92 Å². The van der Waals surface area contributed by atoms with E-state index in [1.165, 1.54) is 25.3 Å². The van der Waals surface area contributed by atoms with Crippen LogP contribution in [0.1, 0.15) is 68.1 Å². The highest BCUT2D eigenvalue weighted by atomic mass is 35.5. The fraction of sp³-hybridized carbons (Fsp3) is 0.448. The third kappa shape index (κ3) is 8.39. The van der Waals surface area contributed by atoms with Crippen molar-refractivity contribution in [1.29, 1.82) is 0 Å². The van der Waals surface area contributed by atoms with Gasteiger partial charge in [-0.05, 0) is 69.0 Å². The van der Waals surface area contributed by atoms with Crippen LogP contribution in [0.15, 0.2) is 36.4 Å². The van der Waals surface area contributed by atoms with Crippen LogP contribution >= 0.6 is 23.8 Å². The quantitative estimate of drug-likeness (QED) is 0.164. The number of thiocarbonyl (C=S) groups is 1. The maximum atomic E-state index is 13.6. The normalized spacial score (nSPS) is 16.2. The van der Waals surface area contributed by atoms with Crippen LogP contribution in [0, 0.1) is 16.0 Å². The van der Waals surface area contributed by atoms with Crippen molar-refractivity contribution in [1.82, 2.24) is 15.5 Å². The van der Waals surface area contributed by atoms with Crippen molar-refractivity contribution in [2.45, 2.75) is 58.6 Å². The molecule has 2 N–H and O–H groups in total. The van der Waals surface area contributed by atoms with E-state index in [-0.39, 0.29) is 25.1 Å². The van der Waals surface area contributed by atoms with Crippen molar-refractivity contribution in [2.75, 3.05) is 20.2 Å². The van der Waals surface area contributed by atoms with Gasteiger partial charge in [-0.15, -0.1) is 0 Å². The van der Waals surface area contributed by atoms with E-state index in [4.69, 9.17) is 33.3 Å². The summed E-state index contributed by atoms with van der Waals surface area (Å²) in [5.74, 6) is -1.35. The Bertz CT molecular complexity index is 1380. The summed E-state index contributed by atoms with van der Waals surface area (Å²) in [6.07, 6.45) is 1.29. The summed E-state index contributed by atoms with van der Waals surface area (Å²) in [6.45, 7) is 6.98. The Morgan fingerprint density at radius 1 is 1.26 bits per heavy atom. The lowest BCUT2D eigenvalue weighted by Gasteiger charge is -2.26. The summed E-state index contributed by atoms with van der Waals surface area (Å²) in [7, 11) is 1.52. The molecule has 3 amide bonds. The van der Waals surface area contributed by atoms with Gasteiger partial charge in [0.15, 0.2) is 0 Å². The Balaban J connectivity index is 1.88. The minimum Gasteiger partial charge on any atom is -0.496 e. The number of benzene rings is 2. The Kier molecular flexibility index (Phi) is 10.9. The molecular formula is C29H35ClN4O7S. The summed E-state index contributed by atoms with van der Waals surface area (Å²) < 4.78 is 10.7. The first-order valence-electron chi connectivity index (χ1n) is 13.5. The van der Waals surface area contributed by atoms with Crippen LogP contribution in [-0.2, 0) is 16.0 Å². The van der Waals surface area contributed by atoms with Crippen LogP contribution in [0.2, 0.25) is 5.02 Å². The summed E-state index contributed by atoms with van der Waals surface area (Å²) in [4.78, 5) is 52.4. The lowest BCUT2D eigenvalue weighted by molar-refractivity contribution is -0.385. The van der Waals surface area contributed by atoms with Crippen LogP contribution in [-0.4, -0.2) is 58.5 Å². The molecule has 13 heteroatoms. The molecule has 42 heavy (non-hydrogen) atoms. The lowest BCUT2D eigenvalue weighted by Crippen LogP contribution is -2.48. The molecule has 0 aromatic heterocycles. The number of hydrogen-bond donors (Lipinski definition) is 2. The Morgan fingerprint density at radius 3 is 2.60 bits per heavy atom. The van der Waals surface area contributed by atoms with Gasteiger partial charge in [-0.1, -0.05) is 43.2 Å². The van der Waals surface area contributed by atoms with Gasteiger partial charge in [0, 0.05) is 17.6 Å². The number of nitrogens with one attached hydrogen (secondary N) is 2. The molecule has 3 rings (SSSR count). The molecule has 0 saturated carbocycles. The molecule has 1 heterocycles. The molecule has 1 fully saturated rings. The second-order valence-corrected chi connectivity index (χ2v) is 11.8. The average Bonchev–Trinajstić information content (AvgIpc) is 3.05. The first-order chi connectivity index (χ1) is 19.7. The van der Waals surface area contributed by atoms with Crippen molar-refractivity contribution in [3.8, 4) is 5.75 Å². The van der Waals surface area contributed by atoms with Gasteiger partial charge in [0.2, 0.25) is 5.91 Å². The Morgan fingerprint density at radius 2 is 1.98 bits per heavy atom. The van der Waals surface area contributed by atoms with Gasteiger partial charge in [-0.3, -0.25) is 19.8 Å². The number of carbonyl (C=O) groups is 3. The highest BCUT2D eigenvalue weighted by molar-refractivity contribution is 7.80. The van der Waals surface area contributed by atoms with Crippen LogP contribution < -0.4 is 15.4 Å². The number of ether oxygens (including phenoxy) is 2. The van der Waals surface area contributed by atoms with E-state index >= 15 is 0 Å². The van der Waals surface area contributed by atoms with Crippen LogP contribution in [0.5, 0.6) is 5.75 Å². The van der Waals surface area contributed by atoms with Crippen molar-refractivity contribution >= 4 is 52.4 Å². The molecule has 1 aliphatic rings. The largest absolute Gasteiger partial charge is 0.496 e. The number of nitrogens with zero attached hydrogens (tertiary/aromatic N) is 2. The van der Waals surface area contributed by atoms with E-state index in [9.17, 15) is 24.5 Å². The molecule has 0 spiro atoms. The highest BCUT2D eigenvalue weighted by Crippen LogP contribution is 2.29. The van der Waals surface area contributed by atoms with Crippen molar-refractivity contribution < 1.29 is 28.8 Å². The number of nitro groups is 1. The summed E-state index contributed by atoms with van der Waals surface area (Å²) >= 11 is 11.5. The molecule has 0 bridgehead atoms. The van der Waals surface area contributed by atoms with E-state index in [0.717, 1.165) is 4.90 Å². The molecule has 226 valence electrons. The van der Waals surface area contributed by atoms with E-state index in [2.05, 4.69) is 10.6 Å². The maximum Gasteiger partial charge on any atom is 0.345 e. The Hall–Kier alpha value is -3.77. The smallest absolute Gasteiger partial charge is 0.345 e. The second-order valence-electron chi connectivity index (χ2n) is 10.9. The zero-order valence-corrected chi connectivity index (χ0v) is 25.8. The van der Waals surface area contributed by atoms with E-state index in [1.54, 1.807) is 39.0 Å². The number of methoxy groups -OCH3 is 1. The number of imide groups is 1. The van der Waals surface area contributed by atoms with Gasteiger partial charge in [-0.2, -0.15) is 0 Å². The topological polar surface area (TPSA) is 140 Å². The summed E-state index contributed by atoms with van der Waals surface area (Å²) in [5.41, 5.74) is -0.359. The van der Waals surface area contributed by atoms with Gasteiger partial charge in [0.05, 0.1) is 35.5 Å². The second kappa shape index (κ2) is 13.9. The first kappa shape index (κ1) is 32.7. The zero-order chi connectivity index (χ0) is 31.2. The molecule has 2 aromatic carbocycles. The van der Waals surface area contributed by atoms with Gasteiger partial charge < -0.3 is 20.1 Å². The SMILES string of the molecule is CCC[C@@H](NC(=O)N1CC(=S)NC[C@H](Cc2cc(Cl)ccc2OC)C1=O)c1ccc(C(=O)OC(C)(C)C)c([N+](=O)[O-])c1. The molecule has 11 nitrogen and oxygen atoms in total. The number of urea groups is 1. The number of carbonyl (C=O) groups excluding carboxylic acids is 3. The standard InChI is InChI=1S/C29H35ClN4O7S/c1-6-7-22(17-8-10-21(23(14-17)34(38)39)27(36)41-29(2,3)4)32-28(37)33-16-25(42)31-15-19(26(33)35)12-18-13-20(30)9-11-24(18)40-5/h8-11,13-14,19,22H,6-7,12,15-16H2,1-5H3,(H,31,42)(H,32,37)/t19-,22+/m0/s1. The summed E-state index contributed by atoms with van der Waals surface area (Å²) in [5, 5.41) is 18.3. The molecule has 2 atom stereocenters. The number of rotatable bonds is 9. The molecular weight excluding hydrogens is 584 g/mol. The third-order valence-electron chi connectivity index (χ3n) is 6.53. The number of nitro benzene ring substituents is 1. The van der Waals surface area contributed by atoms with Gasteiger partial charge in [0.1, 0.15) is 16.9 Å². The third-order valence-corrected chi connectivity index (χ3v) is 7.04. The fourth-order valence-corrected chi connectivity index (χ4v) is 4.99. The highest BCUT2D eigenvalue weighted by Gasteiger charge is 2.35. The number of amides is 3. The predicted molar refractivity (Wildman–Crippen MR) is 162 cm³/mol. The van der Waals surface area contributed by atoms with Crippen LogP contribution in [0.25, 0.3) is 0 Å². The molecule has 1 aliphatic heterocycles. The maximum absolute atomic E-state index is 13.6. The molecule has 1 saturated heterocycles.